The van der Waals surface area contributed by atoms with Crippen molar-refractivity contribution in [3.05, 3.63) is 35.7 Å². The Bertz CT molecular complexity index is 505. The molecule has 2 rings (SSSR count). The maximum Gasteiger partial charge on any atom is 0.126 e. The number of H-pyrrole nitrogens is 1. The van der Waals surface area contributed by atoms with E-state index in [1.165, 1.54) is 5.56 Å². The molecule has 4 heteroatoms. The quantitative estimate of drug-likeness (QED) is 0.844. The number of rotatable bonds is 4. The molecule has 0 unspecified atom stereocenters. The first-order valence-corrected chi connectivity index (χ1v) is 5.63. The molecule has 0 aliphatic carbocycles. The van der Waals surface area contributed by atoms with Crippen molar-refractivity contribution in [2.45, 2.75) is 13.3 Å². The Balaban J connectivity index is 2.49. The van der Waals surface area contributed by atoms with E-state index in [1.54, 1.807) is 7.11 Å². The van der Waals surface area contributed by atoms with Gasteiger partial charge in [-0.15, -0.1) is 0 Å². The number of nitrogens with one attached hydrogen (secondary N) is 1. The van der Waals surface area contributed by atoms with Crippen LogP contribution in [0.1, 0.15) is 11.3 Å². The van der Waals surface area contributed by atoms with E-state index in [0.717, 1.165) is 29.0 Å². The lowest BCUT2D eigenvalue weighted by Crippen LogP contribution is -2.03. The van der Waals surface area contributed by atoms with Gasteiger partial charge in [0, 0.05) is 16.8 Å². The smallest absolute Gasteiger partial charge is 0.126 e. The topological polar surface area (TPSA) is 63.9 Å². The van der Waals surface area contributed by atoms with Gasteiger partial charge in [0.05, 0.1) is 13.3 Å². The summed E-state index contributed by atoms with van der Waals surface area (Å²) in [5, 5.41) is 6.98. The lowest BCUT2D eigenvalue weighted by atomic mass is 10.0. The van der Waals surface area contributed by atoms with Crippen molar-refractivity contribution in [2.24, 2.45) is 5.73 Å². The number of benzene rings is 1. The lowest BCUT2D eigenvalue weighted by Gasteiger charge is -2.10. The number of nitrogens with zero attached hydrogens (tertiary/aromatic N) is 1. The summed E-state index contributed by atoms with van der Waals surface area (Å²) in [6.07, 6.45) is 2.69. The van der Waals surface area contributed by atoms with E-state index in [-0.39, 0.29) is 0 Å². The highest BCUT2D eigenvalue weighted by Crippen LogP contribution is 2.32. The van der Waals surface area contributed by atoms with Gasteiger partial charge >= 0.3 is 0 Å². The Morgan fingerprint density at radius 1 is 1.35 bits per heavy atom. The van der Waals surface area contributed by atoms with E-state index in [4.69, 9.17) is 10.5 Å². The maximum atomic E-state index is 5.58. The largest absolute Gasteiger partial charge is 0.496 e. The van der Waals surface area contributed by atoms with Gasteiger partial charge in [-0.3, -0.25) is 5.10 Å². The van der Waals surface area contributed by atoms with Crippen LogP contribution < -0.4 is 10.5 Å². The molecule has 0 radical (unpaired) electrons. The summed E-state index contributed by atoms with van der Waals surface area (Å²) in [6.45, 7) is 2.65. The zero-order valence-corrected chi connectivity index (χ0v) is 10.2. The fraction of sp³-hybridized carbons (Fsp3) is 0.308. The molecular formula is C13H17N3O. The molecule has 2 aromatic rings. The second-order valence-electron chi connectivity index (χ2n) is 3.98. The molecular weight excluding hydrogens is 214 g/mol. The Morgan fingerprint density at radius 2 is 2.18 bits per heavy atom. The van der Waals surface area contributed by atoms with Gasteiger partial charge in [0.1, 0.15) is 5.75 Å². The molecule has 90 valence electrons. The van der Waals surface area contributed by atoms with Gasteiger partial charge in [-0.25, -0.2) is 0 Å². The first-order chi connectivity index (χ1) is 8.26. The normalized spacial score (nSPS) is 10.5. The van der Waals surface area contributed by atoms with Crippen molar-refractivity contribution in [2.75, 3.05) is 13.7 Å². The van der Waals surface area contributed by atoms with Crippen molar-refractivity contribution in [3.8, 4) is 16.9 Å². The highest BCUT2D eigenvalue weighted by Gasteiger charge is 2.10. The van der Waals surface area contributed by atoms with Crippen molar-refractivity contribution in [1.82, 2.24) is 10.2 Å². The summed E-state index contributed by atoms with van der Waals surface area (Å²) in [5.74, 6) is 0.857. The molecule has 17 heavy (non-hydrogen) atoms. The summed E-state index contributed by atoms with van der Waals surface area (Å²) in [5.41, 5.74) is 9.96. The van der Waals surface area contributed by atoms with Crippen LogP contribution in [0.3, 0.4) is 0 Å². The van der Waals surface area contributed by atoms with Crippen LogP contribution >= 0.6 is 0 Å². The van der Waals surface area contributed by atoms with Crippen LogP contribution in [0.5, 0.6) is 5.75 Å². The average molecular weight is 231 g/mol. The number of aromatic amines is 1. The van der Waals surface area contributed by atoms with Crippen LogP contribution in [0.4, 0.5) is 0 Å². The maximum absolute atomic E-state index is 5.58. The zero-order chi connectivity index (χ0) is 12.3. The Kier molecular flexibility index (Phi) is 3.44. The minimum atomic E-state index is 0.649. The molecule has 4 nitrogen and oxygen atoms in total. The minimum absolute atomic E-state index is 0.649. The number of aryl methyl sites for hydroxylation is 1. The lowest BCUT2D eigenvalue weighted by molar-refractivity contribution is 0.416. The van der Waals surface area contributed by atoms with Crippen LogP contribution in [-0.2, 0) is 6.42 Å². The third kappa shape index (κ3) is 2.31. The van der Waals surface area contributed by atoms with E-state index >= 15 is 0 Å². The summed E-state index contributed by atoms with van der Waals surface area (Å²) >= 11 is 0. The second-order valence-corrected chi connectivity index (χ2v) is 3.98. The van der Waals surface area contributed by atoms with E-state index < -0.39 is 0 Å². The number of hydrogen-bond donors (Lipinski definition) is 2. The van der Waals surface area contributed by atoms with Crippen molar-refractivity contribution in [3.63, 3.8) is 0 Å². The summed E-state index contributed by atoms with van der Waals surface area (Å²) in [6, 6.07) is 6.14. The highest BCUT2D eigenvalue weighted by atomic mass is 16.5. The monoisotopic (exact) mass is 231 g/mol. The van der Waals surface area contributed by atoms with Crippen LogP contribution in [-0.4, -0.2) is 23.9 Å². The SMILES string of the molecule is COc1ccc(CCN)cc1-c1cn[nH]c1C. The van der Waals surface area contributed by atoms with Gasteiger partial charge in [0.25, 0.3) is 0 Å². The van der Waals surface area contributed by atoms with Gasteiger partial charge in [-0.05, 0) is 37.6 Å². The Morgan fingerprint density at radius 3 is 2.76 bits per heavy atom. The minimum Gasteiger partial charge on any atom is -0.496 e. The molecule has 0 aliphatic heterocycles. The molecule has 0 fully saturated rings. The number of aromatic nitrogens is 2. The van der Waals surface area contributed by atoms with Gasteiger partial charge in [0.15, 0.2) is 0 Å². The van der Waals surface area contributed by atoms with Crippen LogP contribution in [0.2, 0.25) is 0 Å². The van der Waals surface area contributed by atoms with Crippen molar-refractivity contribution < 1.29 is 4.74 Å². The molecule has 3 N–H and O–H groups in total. The van der Waals surface area contributed by atoms with Crippen LogP contribution in [0.25, 0.3) is 11.1 Å². The number of methoxy groups -OCH3 is 1. The number of hydrogen-bond acceptors (Lipinski definition) is 3. The van der Waals surface area contributed by atoms with E-state index in [1.807, 2.05) is 25.3 Å². The summed E-state index contributed by atoms with van der Waals surface area (Å²) in [4.78, 5) is 0. The van der Waals surface area contributed by atoms with Crippen molar-refractivity contribution in [1.29, 1.82) is 0 Å². The van der Waals surface area contributed by atoms with Gasteiger partial charge in [0.2, 0.25) is 0 Å². The third-order valence-corrected chi connectivity index (χ3v) is 2.82. The van der Waals surface area contributed by atoms with Gasteiger partial charge in [-0.1, -0.05) is 6.07 Å². The fourth-order valence-corrected chi connectivity index (χ4v) is 1.91. The number of ether oxygens (including phenoxy) is 1. The molecule has 1 heterocycles. The predicted molar refractivity (Wildman–Crippen MR) is 68.1 cm³/mol. The van der Waals surface area contributed by atoms with E-state index in [2.05, 4.69) is 16.3 Å². The molecule has 0 saturated heterocycles. The standard InChI is InChI=1S/C13H17N3O/c1-9-12(8-15-16-9)11-7-10(5-6-14)3-4-13(11)17-2/h3-4,7-8H,5-6,14H2,1-2H3,(H,15,16). The van der Waals surface area contributed by atoms with Crippen molar-refractivity contribution >= 4 is 0 Å². The molecule has 0 atom stereocenters. The second kappa shape index (κ2) is 5.01. The van der Waals surface area contributed by atoms with Gasteiger partial charge in [-0.2, -0.15) is 5.10 Å². The summed E-state index contributed by atoms with van der Waals surface area (Å²) < 4.78 is 5.38. The van der Waals surface area contributed by atoms with Crippen LogP contribution in [0, 0.1) is 6.92 Å². The molecule has 0 spiro atoms. The molecule has 1 aromatic heterocycles. The first-order valence-electron chi connectivity index (χ1n) is 5.63. The fourth-order valence-electron chi connectivity index (χ4n) is 1.91. The zero-order valence-electron chi connectivity index (χ0n) is 10.2. The van der Waals surface area contributed by atoms with Crippen LogP contribution in [0.15, 0.2) is 24.4 Å². The molecule has 0 aliphatic rings. The molecule has 1 aromatic carbocycles. The summed E-state index contributed by atoms with van der Waals surface area (Å²) in [7, 11) is 1.68. The third-order valence-electron chi connectivity index (χ3n) is 2.82. The van der Waals surface area contributed by atoms with Gasteiger partial charge < -0.3 is 10.5 Å². The number of nitrogens with two attached hydrogens (primary N) is 1. The van der Waals surface area contributed by atoms with E-state index in [9.17, 15) is 0 Å². The Labute approximate surface area is 101 Å². The highest BCUT2D eigenvalue weighted by molar-refractivity contribution is 5.72. The first kappa shape index (κ1) is 11.7. The van der Waals surface area contributed by atoms with E-state index in [0.29, 0.717) is 6.54 Å². The predicted octanol–water partition coefficient (Wildman–Crippen LogP) is 1.89. The molecule has 0 bridgehead atoms. The molecule has 0 saturated carbocycles. The Hall–Kier alpha value is -1.81. The average Bonchev–Trinajstić information content (AvgIpc) is 2.76. The molecule has 0 amide bonds.